The van der Waals surface area contributed by atoms with E-state index < -0.39 is 0 Å². The van der Waals surface area contributed by atoms with Crippen LogP contribution in [0, 0.1) is 0 Å². The fourth-order valence-corrected chi connectivity index (χ4v) is 2.24. The summed E-state index contributed by atoms with van der Waals surface area (Å²) in [5.41, 5.74) is 13.4. The molecule has 0 aliphatic heterocycles. The molecule has 0 fully saturated rings. The third kappa shape index (κ3) is 5.01. The SMILES string of the molecule is CCCc1ccc(C(C)N(CCN)CC(N)=O)cc1. The van der Waals surface area contributed by atoms with Gasteiger partial charge in [0.15, 0.2) is 0 Å². The highest BCUT2D eigenvalue weighted by molar-refractivity contribution is 5.76. The van der Waals surface area contributed by atoms with Crippen molar-refractivity contribution in [2.75, 3.05) is 19.6 Å². The van der Waals surface area contributed by atoms with E-state index in [1.54, 1.807) is 0 Å². The quantitative estimate of drug-likeness (QED) is 0.745. The molecule has 4 N–H and O–H groups in total. The number of nitrogens with zero attached hydrogens (tertiary/aromatic N) is 1. The van der Waals surface area contributed by atoms with Gasteiger partial charge in [-0.3, -0.25) is 9.69 Å². The minimum absolute atomic E-state index is 0.145. The van der Waals surface area contributed by atoms with Gasteiger partial charge in [0, 0.05) is 19.1 Å². The van der Waals surface area contributed by atoms with Crippen LogP contribution < -0.4 is 11.5 Å². The highest BCUT2D eigenvalue weighted by atomic mass is 16.1. The lowest BCUT2D eigenvalue weighted by molar-refractivity contribution is -0.119. The first-order valence-corrected chi connectivity index (χ1v) is 6.89. The van der Waals surface area contributed by atoms with Gasteiger partial charge in [-0.1, -0.05) is 37.6 Å². The molecule has 1 rings (SSSR count). The van der Waals surface area contributed by atoms with Crippen LogP contribution in [0.2, 0.25) is 0 Å². The number of benzene rings is 1. The second-order valence-corrected chi connectivity index (χ2v) is 4.89. The Hall–Kier alpha value is -1.39. The third-order valence-electron chi connectivity index (χ3n) is 3.32. The summed E-state index contributed by atoms with van der Waals surface area (Å²) >= 11 is 0. The van der Waals surface area contributed by atoms with Crippen molar-refractivity contribution in [3.05, 3.63) is 35.4 Å². The van der Waals surface area contributed by atoms with E-state index in [-0.39, 0.29) is 18.5 Å². The molecule has 0 radical (unpaired) electrons. The van der Waals surface area contributed by atoms with E-state index in [2.05, 4.69) is 38.1 Å². The molecule has 0 saturated carbocycles. The van der Waals surface area contributed by atoms with Gasteiger partial charge in [0.1, 0.15) is 0 Å². The normalized spacial score (nSPS) is 12.6. The molecule has 19 heavy (non-hydrogen) atoms. The number of aryl methyl sites for hydroxylation is 1. The zero-order valence-corrected chi connectivity index (χ0v) is 11.9. The summed E-state index contributed by atoms with van der Waals surface area (Å²) < 4.78 is 0. The van der Waals surface area contributed by atoms with E-state index in [0.29, 0.717) is 13.1 Å². The lowest BCUT2D eigenvalue weighted by atomic mass is 10.0. The molecule has 1 aromatic rings. The minimum Gasteiger partial charge on any atom is -0.369 e. The molecule has 4 heteroatoms. The number of amides is 1. The van der Waals surface area contributed by atoms with Crippen molar-refractivity contribution < 1.29 is 4.79 Å². The average molecular weight is 263 g/mol. The molecule has 4 nitrogen and oxygen atoms in total. The first kappa shape index (κ1) is 15.7. The molecular formula is C15H25N3O. The second kappa shape index (κ2) is 7.92. The summed E-state index contributed by atoms with van der Waals surface area (Å²) in [5.74, 6) is -0.317. The molecule has 1 atom stereocenters. The van der Waals surface area contributed by atoms with Crippen molar-refractivity contribution in [1.29, 1.82) is 0 Å². The number of carbonyl (C=O) groups is 1. The molecule has 0 heterocycles. The first-order valence-electron chi connectivity index (χ1n) is 6.89. The fraction of sp³-hybridized carbons (Fsp3) is 0.533. The topological polar surface area (TPSA) is 72.3 Å². The van der Waals surface area contributed by atoms with Gasteiger partial charge in [-0.05, 0) is 24.5 Å². The predicted molar refractivity (Wildman–Crippen MR) is 78.7 cm³/mol. The van der Waals surface area contributed by atoms with Crippen LogP contribution in [0.15, 0.2) is 24.3 Å². The van der Waals surface area contributed by atoms with Crippen LogP contribution in [0.25, 0.3) is 0 Å². The van der Waals surface area contributed by atoms with Crippen LogP contribution in [0.1, 0.15) is 37.4 Å². The van der Waals surface area contributed by atoms with E-state index in [9.17, 15) is 4.79 Å². The molecule has 0 spiro atoms. The predicted octanol–water partition coefficient (Wildman–Crippen LogP) is 1.45. The van der Waals surface area contributed by atoms with Gasteiger partial charge in [0.25, 0.3) is 0 Å². The van der Waals surface area contributed by atoms with Gasteiger partial charge >= 0.3 is 0 Å². The van der Waals surface area contributed by atoms with Crippen molar-refractivity contribution in [2.24, 2.45) is 11.5 Å². The van der Waals surface area contributed by atoms with Gasteiger partial charge in [-0.2, -0.15) is 0 Å². The molecule has 0 aliphatic carbocycles. The average Bonchev–Trinajstić information content (AvgIpc) is 2.38. The zero-order chi connectivity index (χ0) is 14.3. The van der Waals surface area contributed by atoms with E-state index in [4.69, 9.17) is 11.5 Å². The highest BCUT2D eigenvalue weighted by Crippen LogP contribution is 2.20. The van der Waals surface area contributed by atoms with Gasteiger partial charge in [-0.15, -0.1) is 0 Å². The summed E-state index contributed by atoms with van der Waals surface area (Å²) in [7, 11) is 0. The van der Waals surface area contributed by atoms with Crippen molar-refractivity contribution in [3.8, 4) is 0 Å². The summed E-state index contributed by atoms with van der Waals surface area (Å²) in [6, 6.07) is 8.70. The van der Waals surface area contributed by atoms with Crippen molar-refractivity contribution in [2.45, 2.75) is 32.7 Å². The monoisotopic (exact) mass is 263 g/mol. The Labute approximate surface area is 115 Å². The van der Waals surface area contributed by atoms with Crippen LogP contribution >= 0.6 is 0 Å². The Balaban J connectivity index is 2.77. The Morgan fingerprint density at radius 2 is 1.95 bits per heavy atom. The molecule has 0 aromatic heterocycles. The maximum Gasteiger partial charge on any atom is 0.231 e. The maximum absolute atomic E-state index is 11.1. The van der Waals surface area contributed by atoms with Gasteiger partial charge in [-0.25, -0.2) is 0 Å². The summed E-state index contributed by atoms with van der Waals surface area (Å²) in [6.45, 7) is 5.68. The van der Waals surface area contributed by atoms with E-state index in [1.807, 2.05) is 4.90 Å². The maximum atomic E-state index is 11.1. The summed E-state index contributed by atoms with van der Waals surface area (Å²) in [6.07, 6.45) is 2.25. The number of nitrogens with two attached hydrogens (primary N) is 2. The van der Waals surface area contributed by atoms with Gasteiger partial charge in [0.2, 0.25) is 5.91 Å². The van der Waals surface area contributed by atoms with Gasteiger partial charge in [0.05, 0.1) is 6.54 Å². The van der Waals surface area contributed by atoms with E-state index in [1.165, 1.54) is 11.1 Å². The van der Waals surface area contributed by atoms with Crippen molar-refractivity contribution >= 4 is 5.91 Å². The highest BCUT2D eigenvalue weighted by Gasteiger charge is 2.16. The molecule has 0 saturated heterocycles. The number of hydrogen-bond acceptors (Lipinski definition) is 3. The number of carbonyl (C=O) groups excluding carboxylic acids is 1. The smallest absolute Gasteiger partial charge is 0.231 e. The Bertz CT molecular complexity index is 389. The standard InChI is InChI=1S/C15H25N3O/c1-3-4-13-5-7-14(8-6-13)12(2)18(10-9-16)11-15(17)19/h5-8,12H,3-4,9-11,16H2,1-2H3,(H2,17,19). The number of hydrogen-bond donors (Lipinski definition) is 2. The van der Waals surface area contributed by atoms with Crippen LogP contribution in [0.4, 0.5) is 0 Å². The van der Waals surface area contributed by atoms with Crippen LogP contribution in [0.3, 0.4) is 0 Å². The zero-order valence-electron chi connectivity index (χ0n) is 11.9. The van der Waals surface area contributed by atoms with Crippen molar-refractivity contribution in [3.63, 3.8) is 0 Å². The summed E-state index contributed by atoms with van der Waals surface area (Å²) in [4.78, 5) is 13.1. The first-order chi connectivity index (χ1) is 9.08. The molecular weight excluding hydrogens is 238 g/mol. The van der Waals surface area contributed by atoms with Crippen LogP contribution in [-0.2, 0) is 11.2 Å². The van der Waals surface area contributed by atoms with Crippen LogP contribution in [-0.4, -0.2) is 30.4 Å². The molecule has 106 valence electrons. The van der Waals surface area contributed by atoms with E-state index >= 15 is 0 Å². The Morgan fingerprint density at radius 3 is 2.42 bits per heavy atom. The summed E-state index contributed by atoms with van der Waals surface area (Å²) in [5, 5.41) is 0. The largest absolute Gasteiger partial charge is 0.369 e. The van der Waals surface area contributed by atoms with Gasteiger partial charge < -0.3 is 11.5 Å². The van der Waals surface area contributed by atoms with Crippen LogP contribution in [0.5, 0.6) is 0 Å². The third-order valence-corrected chi connectivity index (χ3v) is 3.32. The molecule has 1 aromatic carbocycles. The molecule has 0 bridgehead atoms. The number of rotatable bonds is 8. The molecule has 1 unspecified atom stereocenters. The number of primary amides is 1. The fourth-order valence-electron chi connectivity index (χ4n) is 2.24. The molecule has 0 aliphatic rings. The minimum atomic E-state index is -0.317. The second-order valence-electron chi connectivity index (χ2n) is 4.89. The van der Waals surface area contributed by atoms with Crippen molar-refractivity contribution in [1.82, 2.24) is 4.90 Å². The lowest BCUT2D eigenvalue weighted by Crippen LogP contribution is -2.38. The Morgan fingerprint density at radius 1 is 1.32 bits per heavy atom. The lowest BCUT2D eigenvalue weighted by Gasteiger charge is -2.27. The molecule has 1 amide bonds. The Kier molecular flexibility index (Phi) is 6.53. The van der Waals surface area contributed by atoms with E-state index in [0.717, 1.165) is 12.8 Å².